The van der Waals surface area contributed by atoms with E-state index >= 15 is 0 Å². The van der Waals surface area contributed by atoms with Gasteiger partial charge in [0.15, 0.2) is 5.65 Å². The van der Waals surface area contributed by atoms with Crippen molar-refractivity contribution in [2.75, 3.05) is 24.5 Å². The van der Waals surface area contributed by atoms with Gasteiger partial charge in [-0.2, -0.15) is 4.98 Å². The molecule has 1 fully saturated rings. The van der Waals surface area contributed by atoms with Gasteiger partial charge in [0.1, 0.15) is 16.6 Å². The maximum absolute atomic E-state index is 13.8. The number of hydrogen-bond donors (Lipinski definition) is 0. The van der Waals surface area contributed by atoms with Gasteiger partial charge in [0, 0.05) is 31.9 Å². The lowest BCUT2D eigenvalue weighted by Crippen LogP contribution is -2.55. The second-order valence-electron chi connectivity index (χ2n) is 10.9. The predicted octanol–water partition coefficient (Wildman–Crippen LogP) is 5.61. The molecule has 4 heterocycles. The van der Waals surface area contributed by atoms with Crippen molar-refractivity contribution < 1.29 is 9.53 Å². The van der Waals surface area contributed by atoms with E-state index in [0.717, 1.165) is 11.3 Å². The summed E-state index contributed by atoms with van der Waals surface area (Å²) in [5, 5.41) is 0.955. The highest BCUT2D eigenvalue weighted by Gasteiger charge is 2.32. The maximum Gasteiger partial charge on any atom is 0.410 e. The first-order chi connectivity index (χ1) is 17.8. The lowest BCUT2D eigenvalue weighted by molar-refractivity contribution is 0.0218. The van der Waals surface area contributed by atoms with E-state index in [1.54, 1.807) is 17.2 Å². The number of pyridine rings is 2. The number of ether oxygens (including phenoxy) is 1. The molecule has 4 rings (SSSR count). The fourth-order valence-corrected chi connectivity index (χ4v) is 5.03. The average molecular weight is 562 g/mol. The molecule has 0 saturated carbocycles. The SMILES string of the molecule is CCc1ccnc(C(C)C)c1-n1c(=O)nc(N2CCN(C(=O)OC(C)(C)C)CC2C)c2cc(Cl)c(Cl)nc21. The van der Waals surface area contributed by atoms with Gasteiger partial charge < -0.3 is 14.5 Å². The summed E-state index contributed by atoms with van der Waals surface area (Å²) in [4.78, 5) is 43.8. The van der Waals surface area contributed by atoms with Crippen LogP contribution < -0.4 is 10.6 Å². The van der Waals surface area contributed by atoms with Crippen LogP contribution in [0.4, 0.5) is 10.6 Å². The lowest BCUT2D eigenvalue weighted by atomic mass is 10.0. The van der Waals surface area contributed by atoms with Crippen molar-refractivity contribution in [2.45, 2.75) is 72.4 Å². The largest absolute Gasteiger partial charge is 0.444 e. The van der Waals surface area contributed by atoms with Gasteiger partial charge in [0.25, 0.3) is 0 Å². The number of aryl methyl sites for hydroxylation is 1. The Morgan fingerprint density at radius 2 is 1.92 bits per heavy atom. The standard InChI is InChI=1S/C27H34Cl2N6O3/c1-8-17-9-10-30-20(15(2)3)21(17)35-24-18(13-19(28)22(29)31-24)23(32-25(35)36)34-12-11-33(14-16(34)4)26(37)38-27(5,6)7/h9-10,13,15-16H,8,11-12,14H2,1-7H3. The normalized spacial score (nSPS) is 16.4. The molecule has 1 amide bonds. The summed E-state index contributed by atoms with van der Waals surface area (Å²) in [5.41, 5.74) is 1.70. The number of hydrogen-bond acceptors (Lipinski definition) is 7. The Hall–Kier alpha value is -2.91. The third kappa shape index (κ3) is 5.45. The molecule has 0 spiro atoms. The highest BCUT2D eigenvalue weighted by atomic mass is 35.5. The summed E-state index contributed by atoms with van der Waals surface area (Å²) in [6.45, 7) is 14.9. The third-order valence-corrected chi connectivity index (χ3v) is 7.17. The zero-order valence-corrected chi connectivity index (χ0v) is 24.4. The molecular weight excluding hydrogens is 527 g/mol. The summed E-state index contributed by atoms with van der Waals surface area (Å²) in [6.07, 6.45) is 2.09. The zero-order chi connectivity index (χ0) is 27.9. The highest BCUT2D eigenvalue weighted by molar-refractivity contribution is 6.41. The van der Waals surface area contributed by atoms with E-state index in [2.05, 4.69) is 15.0 Å². The van der Waals surface area contributed by atoms with Crippen molar-refractivity contribution in [3.8, 4) is 5.69 Å². The van der Waals surface area contributed by atoms with Crippen molar-refractivity contribution >= 4 is 46.1 Å². The minimum atomic E-state index is -0.583. The molecule has 0 aromatic carbocycles. The number of amides is 1. The number of aromatic nitrogens is 4. The second kappa shape index (κ2) is 10.7. The smallest absolute Gasteiger partial charge is 0.410 e. The Balaban J connectivity index is 1.86. The molecule has 0 bridgehead atoms. The summed E-state index contributed by atoms with van der Waals surface area (Å²) >= 11 is 12.8. The Labute approximate surface area is 232 Å². The number of carbonyl (C=O) groups is 1. The van der Waals surface area contributed by atoms with Crippen molar-refractivity contribution in [1.29, 1.82) is 0 Å². The number of piperazine rings is 1. The van der Waals surface area contributed by atoms with Crippen LogP contribution >= 0.6 is 23.2 Å². The van der Waals surface area contributed by atoms with Gasteiger partial charge in [-0.1, -0.05) is 44.0 Å². The molecule has 0 N–H and O–H groups in total. The molecule has 0 radical (unpaired) electrons. The van der Waals surface area contributed by atoms with Crippen molar-refractivity contribution in [3.05, 3.63) is 50.2 Å². The quantitative estimate of drug-likeness (QED) is 0.382. The van der Waals surface area contributed by atoms with Crippen LogP contribution in [0.2, 0.25) is 10.2 Å². The van der Waals surface area contributed by atoms with E-state index in [1.165, 1.54) is 4.57 Å². The van der Waals surface area contributed by atoms with Crippen LogP contribution in [0.5, 0.6) is 0 Å². The van der Waals surface area contributed by atoms with Crippen molar-refractivity contribution in [2.24, 2.45) is 0 Å². The van der Waals surface area contributed by atoms with Gasteiger partial charge in [-0.25, -0.2) is 19.1 Å². The summed E-state index contributed by atoms with van der Waals surface area (Å²) in [6, 6.07) is 3.46. The molecule has 11 heteroatoms. The minimum absolute atomic E-state index is 0.0573. The first-order valence-electron chi connectivity index (χ1n) is 12.8. The van der Waals surface area contributed by atoms with Crippen LogP contribution in [0.25, 0.3) is 16.7 Å². The van der Waals surface area contributed by atoms with Gasteiger partial charge in [-0.3, -0.25) is 4.98 Å². The highest BCUT2D eigenvalue weighted by Crippen LogP contribution is 2.34. The Morgan fingerprint density at radius 1 is 1.21 bits per heavy atom. The molecule has 204 valence electrons. The van der Waals surface area contributed by atoms with Crippen LogP contribution in [0.3, 0.4) is 0 Å². The molecule has 38 heavy (non-hydrogen) atoms. The fourth-order valence-electron chi connectivity index (χ4n) is 4.75. The van der Waals surface area contributed by atoms with E-state index in [0.29, 0.717) is 48.6 Å². The monoisotopic (exact) mass is 560 g/mol. The Bertz CT molecular complexity index is 1430. The van der Waals surface area contributed by atoms with Gasteiger partial charge in [0.05, 0.1) is 21.8 Å². The van der Waals surface area contributed by atoms with Crippen molar-refractivity contribution in [1.82, 2.24) is 24.4 Å². The van der Waals surface area contributed by atoms with E-state index in [4.69, 9.17) is 27.9 Å². The maximum atomic E-state index is 13.8. The molecule has 1 saturated heterocycles. The predicted molar refractivity (Wildman–Crippen MR) is 151 cm³/mol. The summed E-state index contributed by atoms with van der Waals surface area (Å²) < 4.78 is 7.06. The first-order valence-corrected chi connectivity index (χ1v) is 13.6. The first kappa shape index (κ1) is 28.1. The molecule has 1 atom stereocenters. The van der Waals surface area contributed by atoms with Gasteiger partial charge in [0.2, 0.25) is 0 Å². The van der Waals surface area contributed by atoms with E-state index < -0.39 is 11.3 Å². The van der Waals surface area contributed by atoms with E-state index in [1.807, 2.05) is 59.4 Å². The average Bonchev–Trinajstić information content (AvgIpc) is 2.83. The van der Waals surface area contributed by atoms with E-state index in [9.17, 15) is 9.59 Å². The Morgan fingerprint density at radius 3 is 2.53 bits per heavy atom. The third-order valence-electron chi connectivity index (χ3n) is 6.50. The van der Waals surface area contributed by atoms with Gasteiger partial charge >= 0.3 is 11.8 Å². The molecule has 1 unspecified atom stereocenters. The molecular formula is C27H34Cl2N6O3. The number of nitrogens with zero attached hydrogens (tertiary/aromatic N) is 6. The van der Waals surface area contributed by atoms with Crippen molar-refractivity contribution in [3.63, 3.8) is 0 Å². The summed E-state index contributed by atoms with van der Waals surface area (Å²) in [7, 11) is 0. The number of carbonyl (C=O) groups excluding carboxylic acids is 1. The van der Waals surface area contributed by atoms with Gasteiger partial charge in [-0.15, -0.1) is 0 Å². The molecule has 1 aliphatic heterocycles. The van der Waals surface area contributed by atoms with E-state index in [-0.39, 0.29) is 28.2 Å². The number of fused-ring (bicyclic) bond motifs is 1. The van der Waals surface area contributed by atoms with Gasteiger partial charge in [-0.05, 0) is 57.7 Å². The number of rotatable bonds is 4. The molecule has 0 aliphatic carbocycles. The van der Waals surface area contributed by atoms with Crippen LogP contribution in [0.15, 0.2) is 23.1 Å². The molecule has 3 aromatic heterocycles. The fraction of sp³-hybridized carbons (Fsp3) is 0.519. The van der Waals surface area contributed by atoms with Crippen LogP contribution in [0.1, 0.15) is 65.6 Å². The second-order valence-corrected chi connectivity index (χ2v) is 11.6. The zero-order valence-electron chi connectivity index (χ0n) is 22.9. The summed E-state index contributed by atoms with van der Waals surface area (Å²) in [5.74, 6) is 0.513. The number of halogens is 2. The van der Waals surface area contributed by atoms with Crippen LogP contribution in [-0.2, 0) is 11.2 Å². The van der Waals surface area contributed by atoms with Crippen LogP contribution in [-0.4, -0.2) is 61.8 Å². The van der Waals surface area contributed by atoms with Crippen LogP contribution in [0, 0.1) is 0 Å². The molecule has 3 aromatic rings. The molecule has 9 nitrogen and oxygen atoms in total. The molecule has 1 aliphatic rings. The lowest BCUT2D eigenvalue weighted by Gasteiger charge is -2.41. The Kier molecular flexibility index (Phi) is 7.91. The minimum Gasteiger partial charge on any atom is -0.444 e. The topological polar surface area (TPSA) is 93.5 Å². The number of anilines is 1.